The minimum absolute atomic E-state index is 0.345. The third-order valence-electron chi connectivity index (χ3n) is 4.02. The van der Waals surface area contributed by atoms with Crippen molar-refractivity contribution in [2.24, 2.45) is 5.92 Å². The van der Waals surface area contributed by atoms with Crippen molar-refractivity contribution in [2.75, 3.05) is 24.6 Å². The second-order valence-electron chi connectivity index (χ2n) is 5.88. The predicted molar refractivity (Wildman–Crippen MR) is 83.5 cm³/mol. The lowest BCUT2D eigenvalue weighted by Gasteiger charge is -2.17. The van der Waals surface area contributed by atoms with Crippen LogP contribution in [0.4, 0.5) is 19.0 Å². The molecule has 1 aliphatic rings. The van der Waals surface area contributed by atoms with Crippen LogP contribution in [-0.2, 0) is 17.5 Å². The van der Waals surface area contributed by atoms with Crippen LogP contribution in [0.5, 0.6) is 0 Å². The second-order valence-corrected chi connectivity index (χ2v) is 5.88. The summed E-state index contributed by atoms with van der Waals surface area (Å²) >= 11 is 0. The van der Waals surface area contributed by atoms with Gasteiger partial charge in [-0.25, -0.2) is 0 Å². The summed E-state index contributed by atoms with van der Waals surface area (Å²) in [7, 11) is 0. The molecule has 1 fully saturated rings. The maximum atomic E-state index is 12.5. The van der Waals surface area contributed by atoms with Gasteiger partial charge in [-0.3, -0.25) is 0 Å². The smallest absolute Gasteiger partial charge is 0.376 e. The maximum Gasteiger partial charge on any atom is 0.435 e. The van der Waals surface area contributed by atoms with Crippen molar-refractivity contribution < 1.29 is 17.9 Å². The molecule has 0 spiro atoms. The molecule has 1 aromatic carbocycles. The van der Waals surface area contributed by atoms with Gasteiger partial charge in [0.1, 0.15) is 0 Å². The molecule has 1 atom stereocenters. The number of rotatable bonds is 5. The first kappa shape index (κ1) is 16.7. The van der Waals surface area contributed by atoms with Crippen molar-refractivity contribution in [1.82, 2.24) is 10.2 Å². The van der Waals surface area contributed by atoms with Gasteiger partial charge < -0.3 is 9.64 Å². The van der Waals surface area contributed by atoms with Crippen LogP contribution in [0, 0.1) is 5.92 Å². The molecule has 0 N–H and O–H groups in total. The van der Waals surface area contributed by atoms with E-state index in [9.17, 15) is 13.2 Å². The molecule has 3 rings (SSSR count). The van der Waals surface area contributed by atoms with Crippen molar-refractivity contribution in [3.05, 3.63) is 53.7 Å². The van der Waals surface area contributed by atoms with E-state index in [1.54, 1.807) is 0 Å². The molecule has 0 unspecified atom stereocenters. The van der Waals surface area contributed by atoms with Gasteiger partial charge in [0.05, 0.1) is 13.2 Å². The molecule has 7 heteroatoms. The lowest BCUT2D eigenvalue weighted by atomic mass is 10.1. The summed E-state index contributed by atoms with van der Waals surface area (Å²) in [6, 6.07) is 12.3. The highest BCUT2D eigenvalue weighted by molar-refractivity contribution is 5.38. The molecule has 1 aromatic heterocycles. The molecule has 4 nitrogen and oxygen atoms in total. The number of ether oxygens (including phenoxy) is 1. The highest BCUT2D eigenvalue weighted by Gasteiger charge is 2.33. The molecule has 128 valence electrons. The number of hydrogen-bond acceptors (Lipinski definition) is 4. The van der Waals surface area contributed by atoms with Crippen molar-refractivity contribution in [3.63, 3.8) is 0 Å². The molecule has 24 heavy (non-hydrogen) atoms. The molecule has 0 bridgehead atoms. The maximum absolute atomic E-state index is 12.5. The third kappa shape index (κ3) is 4.23. The van der Waals surface area contributed by atoms with Crippen molar-refractivity contribution in [1.29, 1.82) is 0 Å². The first-order chi connectivity index (χ1) is 11.5. The zero-order valence-corrected chi connectivity index (χ0v) is 13.0. The van der Waals surface area contributed by atoms with E-state index >= 15 is 0 Å². The molecular formula is C17H18F3N3O. The quantitative estimate of drug-likeness (QED) is 0.836. The number of nitrogens with zero attached hydrogens (tertiary/aromatic N) is 3. The second kappa shape index (κ2) is 7.17. The van der Waals surface area contributed by atoms with E-state index in [2.05, 4.69) is 10.2 Å². The molecule has 2 heterocycles. The fourth-order valence-electron chi connectivity index (χ4n) is 2.74. The highest BCUT2D eigenvalue weighted by Crippen LogP contribution is 2.28. The van der Waals surface area contributed by atoms with E-state index in [-0.39, 0.29) is 0 Å². The monoisotopic (exact) mass is 337 g/mol. The third-order valence-corrected chi connectivity index (χ3v) is 4.02. The van der Waals surface area contributed by atoms with Gasteiger partial charge in [0, 0.05) is 19.0 Å². The van der Waals surface area contributed by atoms with E-state index in [0.29, 0.717) is 24.9 Å². The average molecular weight is 337 g/mol. The van der Waals surface area contributed by atoms with Gasteiger partial charge in [0.15, 0.2) is 11.5 Å². The largest absolute Gasteiger partial charge is 0.435 e. The molecular weight excluding hydrogens is 319 g/mol. The Kier molecular flexibility index (Phi) is 4.99. The minimum Gasteiger partial charge on any atom is -0.376 e. The van der Waals surface area contributed by atoms with Gasteiger partial charge in [-0.15, -0.1) is 10.2 Å². The fraction of sp³-hybridized carbons (Fsp3) is 0.412. The van der Waals surface area contributed by atoms with Crippen LogP contribution in [0.15, 0.2) is 42.5 Å². The Labute approximate surface area is 138 Å². The number of alkyl halides is 3. The van der Waals surface area contributed by atoms with Gasteiger partial charge in [-0.05, 0) is 24.1 Å². The topological polar surface area (TPSA) is 38.2 Å². The number of aromatic nitrogens is 2. The number of hydrogen-bond donors (Lipinski definition) is 0. The Morgan fingerprint density at radius 3 is 2.54 bits per heavy atom. The van der Waals surface area contributed by atoms with Crippen LogP contribution in [0.3, 0.4) is 0 Å². The van der Waals surface area contributed by atoms with Crippen LogP contribution in [0.2, 0.25) is 0 Å². The van der Waals surface area contributed by atoms with Gasteiger partial charge in [0.25, 0.3) is 0 Å². The highest BCUT2D eigenvalue weighted by atomic mass is 19.4. The fourth-order valence-corrected chi connectivity index (χ4v) is 2.74. The van der Waals surface area contributed by atoms with Gasteiger partial charge in [0.2, 0.25) is 0 Å². The molecule has 1 aliphatic heterocycles. The normalized spacial score (nSPS) is 18.1. The number of anilines is 1. The first-order valence-corrected chi connectivity index (χ1v) is 7.80. The molecule has 0 aliphatic carbocycles. The standard InChI is InChI=1S/C17H18F3N3O/c18-17(19,20)15-6-7-16(22-21-15)23-9-8-14(10-23)12-24-11-13-4-2-1-3-5-13/h1-7,14H,8-12H2/t14-/m1/s1. The molecule has 2 aromatic rings. The van der Waals surface area contributed by atoms with Crippen LogP contribution < -0.4 is 4.90 Å². The average Bonchev–Trinajstić information content (AvgIpc) is 3.04. The van der Waals surface area contributed by atoms with E-state index in [0.717, 1.165) is 31.1 Å². The molecule has 0 saturated carbocycles. The molecule has 0 radical (unpaired) electrons. The van der Waals surface area contributed by atoms with Crippen LogP contribution in [-0.4, -0.2) is 29.9 Å². The van der Waals surface area contributed by atoms with Gasteiger partial charge in [-0.1, -0.05) is 30.3 Å². The van der Waals surface area contributed by atoms with Crippen LogP contribution in [0.1, 0.15) is 17.7 Å². The van der Waals surface area contributed by atoms with Crippen molar-refractivity contribution in [3.8, 4) is 0 Å². The number of benzene rings is 1. The predicted octanol–water partition coefficient (Wildman–Crippen LogP) is 3.54. The Bertz CT molecular complexity index is 646. The summed E-state index contributed by atoms with van der Waals surface area (Å²) < 4.78 is 43.3. The van der Waals surface area contributed by atoms with Gasteiger partial charge in [-0.2, -0.15) is 13.2 Å². The number of halogens is 3. The lowest BCUT2D eigenvalue weighted by Crippen LogP contribution is -2.23. The zero-order chi connectivity index (χ0) is 17.0. The zero-order valence-electron chi connectivity index (χ0n) is 13.0. The summed E-state index contributed by atoms with van der Waals surface area (Å²) in [6.45, 7) is 2.66. The van der Waals surface area contributed by atoms with Crippen molar-refractivity contribution in [2.45, 2.75) is 19.2 Å². The van der Waals surface area contributed by atoms with Crippen LogP contribution in [0.25, 0.3) is 0 Å². The van der Waals surface area contributed by atoms with Crippen LogP contribution >= 0.6 is 0 Å². The lowest BCUT2D eigenvalue weighted by molar-refractivity contribution is -0.141. The summed E-state index contributed by atoms with van der Waals surface area (Å²) in [6.07, 6.45) is -3.53. The summed E-state index contributed by atoms with van der Waals surface area (Å²) in [5.41, 5.74) is 0.161. The minimum atomic E-state index is -4.45. The molecule has 0 amide bonds. The summed E-state index contributed by atoms with van der Waals surface area (Å²) in [5.74, 6) is 0.825. The van der Waals surface area contributed by atoms with Crippen molar-refractivity contribution >= 4 is 5.82 Å². The molecule has 1 saturated heterocycles. The summed E-state index contributed by atoms with van der Waals surface area (Å²) in [5, 5.41) is 6.98. The van der Waals surface area contributed by atoms with E-state index in [1.807, 2.05) is 35.2 Å². The van der Waals surface area contributed by atoms with Gasteiger partial charge >= 0.3 is 6.18 Å². The van der Waals surface area contributed by atoms with E-state index < -0.39 is 11.9 Å². The summed E-state index contributed by atoms with van der Waals surface area (Å²) in [4.78, 5) is 1.95. The SMILES string of the molecule is FC(F)(F)c1ccc(N2CC[C@@H](COCc3ccccc3)C2)nn1. The van der Waals surface area contributed by atoms with E-state index in [1.165, 1.54) is 6.07 Å². The Hall–Kier alpha value is -2.15. The Morgan fingerprint density at radius 1 is 1.08 bits per heavy atom. The Morgan fingerprint density at radius 2 is 1.88 bits per heavy atom. The first-order valence-electron chi connectivity index (χ1n) is 7.80. The van der Waals surface area contributed by atoms with E-state index in [4.69, 9.17) is 4.74 Å². The Balaban J connectivity index is 1.48.